The SMILES string of the molecule is CCC(C)S(=O)(=O)O.[Na]. The van der Waals surface area contributed by atoms with Crippen LogP contribution in [-0.2, 0) is 10.1 Å². The van der Waals surface area contributed by atoms with Crippen LogP contribution >= 0.6 is 0 Å². The Morgan fingerprint density at radius 1 is 1.56 bits per heavy atom. The molecule has 0 aliphatic carbocycles. The average molecular weight is 161 g/mol. The Morgan fingerprint density at radius 3 is 1.89 bits per heavy atom. The van der Waals surface area contributed by atoms with Crippen LogP contribution in [0.25, 0.3) is 0 Å². The second kappa shape index (κ2) is 4.68. The van der Waals surface area contributed by atoms with Gasteiger partial charge in [0.2, 0.25) is 0 Å². The molecule has 0 amide bonds. The molecule has 1 atom stereocenters. The Labute approximate surface area is 77.9 Å². The van der Waals surface area contributed by atoms with Crippen LogP contribution in [0.15, 0.2) is 0 Å². The largest absolute Gasteiger partial charge is 0.285 e. The number of rotatable bonds is 2. The Hall–Kier alpha value is 0.910. The molecule has 0 aliphatic rings. The van der Waals surface area contributed by atoms with Gasteiger partial charge in [0.25, 0.3) is 10.1 Å². The Balaban J connectivity index is 0. The maximum absolute atomic E-state index is 10.1. The van der Waals surface area contributed by atoms with Gasteiger partial charge in [-0.1, -0.05) is 6.92 Å². The zero-order valence-corrected chi connectivity index (χ0v) is 8.77. The standard InChI is InChI=1S/C4H10O3S.Na/c1-3-4(2)8(5,6)7;/h4H,3H2,1-2H3,(H,5,6,7);. The molecule has 0 saturated heterocycles. The third-order valence-electron chi connectivity index (χ3n) is 1.08. The van der Waals surface area contributed by atoms with Crippen molar-refractivity contribution in [3.63, 3.8) is 0 Å². The predicted octanol–water partition coefficient (Wildman–Crippen LogP) is 0.292. The summed E-state index contributed by atoms with van der Waals surface area (Å²) in [7, 11) is -3.75. The van der Waals surface area contributed by atoms with E-state index < -0.39 is 15.4 Å². The summed E-state index contributed by atoms with van der Waals surface area (Å²) in [6.07, 6.45) is 0.457. The van der Waals surface area contributed by atoms with E-state index in [9.17, 15) is 8.42 Å². The molecule has 0 fully saturated rings. The number of hydrogen-bond acceptors (Lipinski definition) is 2. The summed E-state index contributed by atoms with van der Waals surface area (Å²) in [6.45, 7) is 3.17. The van der Waals surface area contributed by atoms with E-state index >= 15 is 0 Å². The summed E-state index contributed by atoms with van der Waals surface area (Å²) in [5.41, 5.74) is 0. The van der Waals surface area contributed by atoms with Crippen molar-refractivity contribution in [3.8, 4) is 0 Å². The van der Waals surface area contributed by atoms with Crippen molar-refractivity contribution in [1.82, 2.24) is 0 Å². The molecular weight excluding hydrogens is 151 g/mol. The van der Waals surface area contributed by atoms with Crippen molar-refractivity contribution in [2.24, 2.45) is 0 Å². The number of hydrogen-bond donors (Lipinski definition) is 1. The summed E-state index contributed by atoms with van der Waals surface area (Å²) in [5, 5.41) is -0.623. The van der Waals surface area contributed by atoms with Gasteiger partial charge in [-0.2, -0.15) is 8.42 Å². The van der Waals surface area contributed by atoms with Crippen LogP contribution in [0.1, 0.15) is 20.3 Å². The Kier molecular flexibility index (Phi) is 6.54. The summed E-state index contributed by atoms with van der Waals surface area (Å²) in [5.74, 6) is 0. The van der Waals surface area contributed by atoms with E-state index in [-0.39, 0.29) is 29.6 Å². The van der Waals surface area contributed by atoms with Crippen LogP contribution in [0, 0.1) is 0 Å². The van der Waals surface area contributed by atoms with Gasteiger partial charge >= 0.3 is 0 Å². The third-order valence-corrected chi connectivity index (χ3v) is 2.43. The van der Waals surface area contributed by atoms with E-state index in [1.165, 1.54) is 6.92 Å². The average Bonchev–Trinajstić information content (AvgIpc) is 1.62. The van der Waals surface area contributed by atoms with Crippen LogP contribution in [-0.4, -0.2) is 47.8 Å². The Morgan fingerprint density at radius 2 is 1.89 bits per heavy atom. The topological polar surface area (TPSA) is 54.4 Å². The van der Waals surface area contributed by atoms with E-state index in [1.807, 2.05) is 0 Å². The molecule has 1 radical (unpaired) electrons. The predicted molar refractivity (Wildman–Crippen MR) is 37.1 cm³/mol. The van der Waals surface area contributed by atoms with Gasteiger partial charge in [-0.15, -0.1) is 0 Å². The molecule has 1 N–H and O–H groups in total. The smallest absolute Gasteiger partial charge is 0.267 e. The van der Waals surface area contributed by atoms with Gasteiger partial charge in [0.15, 0.2) is 0 Å². The van der Waals surface area contributed by atoms with Crippen LogP contribution in [0.3, 0.4) is 0 Å². The molecule has 51 valence electrons. The van der Waals surface area contributed by atoms with E-state index in [0.717, 1.165) is 0 Å². The van der Waals surface area contributed by atoms with Crippen molar-refractivity contribution in [2.75, 3.05) is 0 Å². The van der Waals surface area contributed by atoms with E-state index in [0.29, 0.717) is 6.42 Å². The summed E-state index contributed by atoms with van der Waals surface area (Å²) in [4.78, 5) is 0. The maximum atomic E-state index is 10.1. The fraction of sp³-hybridized carbons (Fsp3) is 1.00. The zero-order valence-electron chi connectivity index (χ0n) is 5.96. The molecule has 0 bridgehead atoms. The van der Waals surface area contributed by atoms with Gasteiger partial charge in [0, 0.05) is 29.6 Å². The fourth-order valence-corrected chi connectivity index (χ4v) is 0.632. The first-order valence-electron chi connectivity index (χ1n) is 2.44. The minimum absolute atomic E-state index is 0. The molecule has 0 aliphatic heterocycles. The normalized spacial score (nSPS) is 14.1. The zero-order chi connectivity index (χ0) is 6.78. The molecule has 0 aromatic carbocycles. The van der Waals surface area contributed by atoms with Gasteiger partial charge in [-0.25, -0.2) is 0 Å². The second-order valence-electron chi connectivity index (χ2n) is 1.73. The van der Waals surface area contributed by atoms with Gasteiger partial charge in [0.05, 0.1) is 5.25 Å². The Bertz CT molecular complexity index is 151. The van der Waals surface area contributed by atoms with Gasteiger partial charge in [-0.05, 0) is 13.3 Å². The van der Waals surface area contributed by atoms with E-state index in [2.05, 4.69) is 0 Å². The monoisotopic (exact) mass is 161 g/mol. The van der Waals surface area contributed by atoms with Crippen molar-refractivity contribution in [3.05, 3.63) is 0 Å². The van der Waals surface area contributed by atoms with E-state index in [1.54, 1.807) is 6.92 Å². The van der Waals surface area contributed by atoms with Crippen molar-refractivity contribution >= 4 is 39.7 Å². The molecular formula is C4H10NaO3S. The van der Waals surface area contributed by atoms with Crippen molar-refractivity contribution < 1.29 is 13.0 Å². The fourth-order valence-electron chi connectivity index (χ4n) is 0.211. The van der Waals surface area contributed by atoms with Crippen LogP contribution in [0.5, 0.6) is 0 Å². The first-order chi connectivity index (χ1) is 3.48. The molecule has 9 heavy (non-hydrogen) atoms. The van der Waals surface area contributed by atoms with Gasteiger partial charge < -0.3 is 0 Å². The van der Waals surface area contributed by atoms with Gasteiger partial charge in [0.1, 0.15) is 0 Å². The minimum atomic E-state index is -3.75. The molecule has 0 spiro atoms. The van der Waals surface area contributed by atoms with Gasteiger partial charge in [-0.3, -0.25) is 4.55 Å². The first kappa shape index (κ1) is 12.6. The van der Waals surface area contributed by atoms with Crippen LogP contribution in [0.2, 0.25) is 0 Å². The molecule has 0 aromatic rings. The maximum Gasteiger partial charge on any atom is 0.267 e. The minimum Gasteiger partial charge on any atom is -0.285 e. The second-order valence-corrected chi connectivity index (χ2v) is 3.57. The molecule has 1 unspecified atom stereocenters. The molecule has 0 heterocycles. The molecule has 3 nitrogen and oxygen atoms in total. The molecule has 0 rings (SSSR count). The quantitative estimate of drug-likeness (QED) is 0.468. The molecule has 0 aromatic heterocycles. The van der Waals surface area contributed by atoms with Crippen molar-refractivity contribution in [1.29, 1.82) is 0 Å². The molecule has 5 heteroatoms. The van der Waals surface area contributed by atoms with E-state index in [4.69, 9.17) is 4.55 Å². The summed E-state index contributed by atoms with van der Waals surface area (Å²) in [6, 6.07) is 0. The first-order valence-corrected chi connectivity index (χ1v) is 3.95. The third kappa shape index (κ3) is 5.36. The van der Waals surface area contributed by atoms with Crippen molar-refractivity contribution in [2.45, 2.75) is 25.5 Å². The van der Waals surface area contributed by atoms with Crippen LogP contribution < -0.4 is 0 Å². The summed E-state index contributed by atoms with van der Waals surface area (Å²) < 4.78 is 28.5. The summed E-state index contributed by atoms with van der Waals surface area (Å²) >= 11 is 0. The molecule has 0 saturated carbocycles. The van der Waals surface area contributed by atoms with Crippen LogP contribution in [0.4, 0.5) is 0 Å².